The van der Waals surface area contributed by atoms with E-state index in [-0.39, 0.29) is 5.75 Å². The van der Waals surface area contributed by atoms with Crippen LogP contribution in [0.3, 0.4) is 0 Å². The molecule has 0 atom stereocenters. The van der Waals surface area contributed by atoms with Crippen LogP contribution in [0.2, 0.25) is 0 Å². The Morgan fingerprint density at radius 3 is 2.74 bits per heavy atom. The quantitative estimate of drug-likeness (QED) is 0.639. The summed E-state index contributed by atoms with van der Waals surface area (Å²) in [6.45, 7) is 1.65. The third-order valence-electron chi connectivity index (χ3n) is 3.48. The van der Waals surface area contributed by atoms with Crippen molar-refractivity contribution < 1.29 is 9.52 Å². The molecule has 1 heterocycles. The number of nitrogens with two attached hydrogens (primary N) is 1. The molecule has 1 fully saturated rings. The zero-order chi connectivity index (χ0) is 13.2. The molecule has 0 unspecified atom stereocenters. The fourth-order valence-electron chi connectivity index (χ4n) is 2.29. The molecule has 0 spiro atoms. The second-order valence-corrected chi connectivity index (χ2v) is 5.11. The second kappa shape index (κ2) is 4.97. The van der Waals surface area contributed by atoms with Crippen LogP contribution >= 0.6 is 0 Å². The molecule has 4 heteroatoms. The zero-order valence-corrected chi connectivity index (χ0v) is 10.7. The SMILES string of the molecule is Nc1cc(CN(Cc2ccco2)C2CC2)ccc1O. The van der Waals surface area contributed by atoms with Crippen LogP contribution in [0.4, 0.5) is 5.69 Å². The molecule has 1 saturated carbocycles. The summed E-state index contributed by atoms with van der Waals surface area (Å²) in [5.74, 6) is 1.13. The minimum Gasteiger partial charge on any atom is -0.506 e. The van der Waals surface area contributed by atoms with E-state index in [2.05, 4.69) is 4.90 Å². The van der Waals surface area contributed by atoms with Crippen molar-refractivity contribution in [3.8, 4) is 5.75 Å². The van der Waals surface area contributed by atoms with Crippen molar-refractivity contribution in [3.05, 3.63) is 47.9 Å². The van der Waals surface area contributed by atoms with E-state index in [1.165, 1.54) is 12.8 Å². The van der Waals surface area contributed by atoms with Gasteiger partial charge in [0.2, 0.25) is 0 Å². The summed E-state index contributed by atoms with van der Waals surface area (Å²) >= 11 is 0. The molecule has 1 aromatic carbocycles. The smallest absolute Gasteiger partial charge is 0.138 e. The molecule has 0 radical (unpaired) electrons. The Morgan fingerprint density at radius 1 is 1.26 bits per heavy atom. The molecular weight excluding hydrogens is 240 g/mol. The Kier molecular flexibility index (Phi) is 3.17. The number of nitrogens with zero attached hydrogens (tertiary/aromatic N) is 1. The molecule has 0 saturated heterocycles. The van der Waals surface area contributed by atoms with E-state index >= 15 is 0 Å². The first-order valence-electron chi connectivity index (χ1n) is 6.56. The van der Waals surface area contributed by atoms with Gasteiger partial charge in [-0.15, -0.1) is 0 Å². The van der Waals surface area contributed by atoms with Crippen molar-refractivity contribution in [2.24, 2.45) is 0 Å². The predicted octanol–water partition coefficient (Wildman–Crippen LogP) is 2.73. The van der Waals surface area contributed by atoms with Gasteiger partial charge >= 0.3 is 0 Å². The van der Waals surface area contributed by atoms with Crippen LogP contribution in [0.15, 0.2) is 41.0 Å². The number of hydrogen-bond donors (Lipinski definition) is 2. The van der Waals surface area contributed by atoms with E-state index < -0.39 is 0 Å². The van der Waals surface area contributed by atoms with E-state index in [4.69, 9.17) is 10.2 Å². The van der Waals surface area contributed by atoms with Gasteiger partial charge in [0.15, 0.2) is 0 Å². The van der Waals surface area contributed by atoms with Gasteiger partial charge in [0.1, 0.15) is 11.5 Å². The lowest BCUT2D eigenvalue weighted by molar-refractivity contribution is 0.225. The molecule has 4 nitrogen and oxygen atoms in total. The molecule has 1 aromatic heterocycles. The summed E-state index contributed by atoms with van der Waals surface area (Å²) in [5.41, 5.74) is 7.29. The van der Waals surface area contributed by atoms with Crippen molar-refractivity contribution in [2.75, 3.05) is 5.73 Å². The number of anilines is 1. The van der Waals surface area contributed by atoms with E-state index in [1.807, 2.05) is 24.3 Å². The third-order valence-corrected chi connectivity index (χ3v) is 3.48. The molecule has 19 heavy (non-hydrogen) atoms. The molecule has 0 aliphatic heterocycles. The van der Waals surface area contributed by atoms with Gasteiger partial charge < -0.3 is 15.3 Å². The van der Waals surface area contributed by atoms with Crippen molar-refractivity contribution in [1.29, 1.82) is 0 Å². The normalized spacial score (nSPS) is 15.0. The Balaban J connectivity index is 1.72. The number of phenols is 1. The first-order chi connectivity index (χ1) is 9.22. The lowest BCUT2D eigenvalue weighted by atomic mass is 10.1. The fourth-order valence-corrected chi connectivity index (χ4v) is 2.29. The molecule has 1 aliphatic carbocycles. The highest BCUT2D eigenvalue weighted by molar-refractivity contribution is 5.53. The summed E-state index contributed by atoms with van der Waals surface area (Å²) in [7, 11) is 0. The number of rotatable bonds is 5. The summed E-state index contributed by atoms with van der Waals surface area (Å²) in [6, 6.07) is 9.97. The molecule has 0 bridgehead atoms. The number of aromatic hydroxyl groups is 1. The average Bonchev–Trinajstić information content (AvgIpc) is 3.12. The van der Waals surface area contributed by atoms with Crippen LogP contribution in [0.25, 0.3) is 0 Å². The van der Waals surface area contributed by atoms with Crippen molar-refractivity contribution in [3.63, 3.8) is 0 Å². The first-order valence-corrected chi connectivity index (χ1v) is 6.56. The Hall–Kier alpha value is -1.94. The maximum Gasteiger partial charge on any atom is 0.138 e. The Bertz CT molecular complexity index is 547. The average molecular weight is 258 g/mol. The molecule has 1 aliphatic rings. The summed E-state index contributed by atoms with van der Waals surface area (Å²) < 4.78 is 5.42. The van der Waals surface area contributed by atoms with E-state index in [0.717, 1.165) is 24.4 Å². The number of phenolic OH excluding ortho intramolecular Hbond substituents is 1. The van der Waals surface area contributed by atoms with E-state index in [9.17, 15) is 5.11 Å². The lowest BCUT2D eigenvalue weighted by Crippen LogP contribution is -2.24. The highest BCUT2D eigenvalue weighted by atomic mass is 16.3. The van der Waals surface area contributed by atoms with Crippen LogP contribution in [0.1, 0.15) is 24.2 Å². The Morgan fingerprint density at radius 2 is 2.11 bits per heavy atom. The van der Waals surface area contributed by atoms with E-state index in [0.29, 0.717) is 11.7 Å². The van der Waals surface area contributed by atoms with Gasteiger partial charge in [-0.3, -0.25) is 4.90 Å². The van der Waals surface area contributed by atoms with E-state index in [1.54, 1.807) is 12.3 Å². The topological polar surface area (TPSA) is 62.6 Å². The van der Waals surface area contributed by atoms with Gasteiger partial charge in [0, 0.05) is 12.6 Å². The highest BCUT2D eigenvalue weighted by Crippen LogP contribution is 2.31. The predicted molar refractivity (Wildman–Crippen MR) is 73.5 cm³/mol. The van der Waals surface area contributed by atoms with Gasteiger partial charge in [0.25, 0.3) is 0 Å². The molecule has 3 N–H and O–H groups in total. The number of benzene rings is 1. The molecule has 100 valence electrons. The highest BCUT2D eigenvalue weighted by Gasteiger charge is 2.29. The van der Waals surface area contributed by atoms with Crippen molar-refractivity contribution in [1.82, 2.24) is 4.90 Å². The molecular formula is C15H18N2O2. The van der Waals surface area contributed by atoms with Gasteiger partial charge in [-0.2, -0.15) is 0 Å². The minimum atomic E-state index is 0.146. The molecule has 0 amide bonds. The second-order valence-electron chi connectivity index (χ2n) is 5.11. The van der Waals surface area contributed by atoms with Gasteiger partial charge in [-0.1, -0.05) is 6.07 Å². The van der Waals surface area contributed by atoms with Crippen LogP contribution in [0.5, 0.6) is 5.75 Å². The van der Waals surface area contributed by atoms with Crippen LogP contribution in [0, 0.1) is 0 Å². The lowest BCUT2D eigenvalue weighted by Gasteiger charge is -2.21. The van der Waals surface area contributed by atoms with Crippen molar-refractivity contribution in [2.45, 2.75) is 32.0 Å². The summed E-state index contributed by atoms with van der Waals surface area (Å²) in [6.07, 6.45) is 4.20. The minimum absolute atomic E-state index is 0.146. The largest absolute Gasteiger partial charge is 0.506 e. The third kappa shape index (κ3) is 2.90. The standard InChI is InChI=1S/C15H18N2O2/c16-14-8-11(3-6-15(14)18)9-17(12-4-5-12)10-13-2-1-7-19-13/h1-3,6-8,12,18H,4-5,9-10,16H2. The van der Waals surface area contributed by atoms with Crippen LogP contribution in [-0.2, 0) is 13.1 Å². The van der Waals surface area contributed by atoms with Gasteiger partial charge in [-0.05, 0) is 42.7 Å². The maximum atomic E-state index is 9.45. The van der Waals surface area contributed by atoms with Crippen molar-refractivity contribution >= 4 is 5.69 Å². The molecule has 2 aromatic rings. The zero-order valence-electron chi connectivity index (χ0n) is 10.7. The first kappa shape index (κ1) is 12.1. The monoisotopic (exact) mass is 258 g/mol. The summed E-state index contributed by atoms with van der Waals surface area (Å²) in [4.78, 5) is 2.39. The summed E-state index contributed by atoms with van der Waals surface area (Å²) in [5, 5.41) is 9.45. The number of nitrogen functional groups attached to an aromatic ring is 1. The fraction of sp³-hybridized carbons (Fsp3) is 0.333. The maximum absolute atomic E-state index is 9.45. The van der Waals surface area contributed by atoms with Crippen LogP contribution in [-0.4, -0.2) is 16.0 Å². The number of furan rings is 1. The van der Waals surface area contributed by atoms with Crippen LogP contribution < -0.4 is 5.73 Å². The van der Waals surface area contributed by atoms with Gasteiger partial charge in [0.05, 0.1) is 18.5 Å². The Labute approximate surface area is 112 Å². The number of hydrogen-bond acceptors (Lipinski definition) is 4. The van der Waals surface area contributed by atoms with Gasteiger partial charge in [-0.25, -0.2) is 0 Å². The molecule has 3 rings (SSSR count).